The van der Waals surface area contributed by atoms with Crippen molar-refractivity contribution in [2.45, 2.75) is 38.0 Å². The lowest BCUT2D eigenvalue weighted by Crippen LogP contribution is -2.22. The fourth-order valence-electron chi connectivity index (χ4n) is 3.42. The SMILES string of the molecule is C=Cc1ccc(C2CCC(c3ccc(C)cc3)OC2)c(F)c1C(F)(F)F. The fourth-order valence-corrected chi connectivity index (χ4v) is 3.42. The van der Waals surface area contributed by atoms with E-state index in [0.29, 0.717) is 12.8 Å². The molecule has 0 bridgehead atoms. The van der Waals surface area contributed by atoms with Gasteiger partial charge in [-0.2, -0.15) is 13.2 Å². The van der Waals surface area contributed by atoms with E-state index in [4.69, 9.17) is 4.74 Å². The van der Waals surface area contributed by atoms with Crippen LogP contribution in [0.5, 0.6) is 0 Å². The minimum atomic E-state index is -4.76. The summed E-state index contributed by atoms with van der Waals surface area (Å²) >= 11 is 0. The Kier molecular flexibility index (Phi) is 5.19. The van der Waals surface area contributed by atoms with Gasteiger partial charge in [-0.3, -0.25) is 0 Å². The van der Waals surface area contributed by atoms with E-state index in [1.54, 1.807) is 0 Å². The van der Waals surface area contributed by atoms with Crippen LogP contribution in [0.2, 0.25) is 0 Å². The van der Waals surface area contributed by atoms with Crippen molar-refractivity contribution in [2.75, 3.05) is 6.61 Å². The zero-order valence-corrected chi connectivity index (χ0v) is 14.4. The van der Waals surface area contributed by atoms with Crippen molar-refractivity contribution < 1.29 is 22.3 Å². The predicted molar refractivity (Wildman–Crippen MR) is 93.3 cm³/mol. The molecule has 0 aliphatic carbocycles. The first kappa shape index (κ1) is 18.6. The zero-order chi connectivity index (χ0) is 18.9. The van der Waals surface area contributed by atoms with Gasteiger partial charge in [0.05, 0.1) is 18.3 Å². The van der Waals surface area contributed by atoms with Gasteiger partial charge < -0.3 is 4.74 Å². The third-order valence-electron chi connectivity index (χ3n) is 4.87. The lowest BCUT2D eigenvalue weighted by molar-refractivity contribution is -0.140. The Morgan fingerprint density at radius 3 is 2.31 bits per heavy atom. The minimum absolute atomic E-state index is 0.0604. The first-order valence-corrected chi connectivity index (χ1v) is 8.51. The number of halogens is 4. The summed E-state index contributed by atoms with van der Waals surface area (Å²) in [4.78, 5) is 0. The Labute approximate surface area is 150 Å². The van der Waals surface area contributed by atoms with Crippen LogP contribution < -0.4 is 0 Å². The number of hydrogen-bond acceptors (Lipinski definition) is 1. The van der Waals surface area contributed by atoms with Crippen molar-refractivity contribution in [2.24, 2.45) is 0 Å². The highest BCUT2D eigenvalue weighted by Crippen LogP contribution is 2.41. The molecule has 1 aliphatic heterocycles. The Bertz CT molecular complexity index is 785. The molecule has 2 aromatic rings. The van der Waals surface area contributed by atoms with Crippen LogP contribution in [0.15, 0.2) is 43.0 Å². The molecule has 0 radical (unpaired) electrons. The maximum Gasteiger partial charge on any atom is 0.419 e. The highest BCUT2D eigenvalue weighted by atomic mass is 19.4. The van der Waals surface area contributed by atoms with Crippen molar-refractivity contribution >= 4 is 6.08 Å². The van der Waals surface area contributed by atoms with Crippen LogP contribution in [-0.4, -0.2) is 6.61 Å². The Morgan fingerprint density at radius 1 is 1.08 bits per heavy atom. The van der Waals surface area contributed by atoms with Gasteiger partial charge in [0, 0.05) is 5.92 Å². The second-order valence-electron chi connectivity index (χ2n) is 6.64. The maximum absolute atomic E-state index is 14.6. The maximum atomic E-state index is 14.6. The molecule has 1 saturated heterocycles. The van der Waals surface area contributed by atoms with Gasteiger partial charge in [0.25, 0.3) is 0 Å². The fraction of sp³-hybridized carbons (Fsp3) is 0.333. The van der Waals surface area contributed by atoms with Gasteiger partial charge >= 0.3 is 6.18 Å². The monoisotopic (exact) mass is 364 g/mol. The number of benzene rings is 2. The Balaban J connectivity index is 1.81. The van der Waals surface area contributed by atoms with Gasteiger partial charge in [-0.25, -0.2) is 4.39 Å². The van der Waals surface area contributed by atoms with Gasteiger partial charge in [0.2, 0.25) is 0 Å². The van der Waals surface area contributed by atoms with Crippen LogP contribution >= 0.6 is 0 Å². The van der Waals surface area contributed by atoms with Crippen molar-refractivity contribution in [1.29, 1.82) is 0 Å². The topological polar surface area (TPSA) is 9.23 Å². The Morgan fingerprint density at radius 2 is 1.77 bits per heavy atom. The third kappa shape index (κ3) is 3.68. The van der Waals surface area contributed by atoms with E-state index < -0.39 is 23.5 Å². The molecule has 3 rings (SSSR count). The van der Waals surface area contributed by atoms with E-state index in [-0.39, 0.29) is 23.8 Å². The first-order chi connectivity index (χ1) is 12.3. The molecule has 1 aliphatic rings. The van der Waals surface area contributed by atoms with Crippen LogP contribution in [-0.2, 0) is 10.9 Å². The van der Waals surface area contributed by atoms with Crippen LogP contribution in [0.1, 0.15) is 52.7 Å². The second-order valence-corrected chi connectivity index (χ2v) is 6.64. The smallest absolute Gasteiger partial charge is 0.373 e. The van der Waals surface area contributed by atoms with E-state index in [0.717, 1.165) is 17.2 Å². The molecule has 138 valence electrons. The summed E-state index contributed by atoms with van der Waals surface area (Å²) in [5, 5.41) is 0. The van der Waals surface area contributed by atoms with Crippen molar-refractivity contribution in [3.05, 3.63) is 76.6 Å². The van der Waals surface area contributed by atoms with Crippen LogP contribution in [0, 0.1) is 12.7 Å². The van der Waals surface area contributed by atoms with Crippen molar-refractivity contribution in [3.8, 4) is 0 Å². The Hall–Kier alpha value is -2.14. The molecular weight excluding hydrogens is 344 g/mol. The summed E-state index contributed by atoms with van der Waals surface area (Å²) in [6, 6.07) is 10.7. The molecule has 0 saturated carbocycles. The summed E-state index contributed by atoms with van der Waals surface area (Å²) in [7, 11) is 0. The molecule has 2 atom stereocenters. The molecule has 0 spiro atoms. The standard InChI is InChI=1S/C21H20F4O/c1-3-14-8-10-17(20(22)19(14)21(23,24)25)16-9-11-18(26-12-16)15-6-4-13(2)5-7-15/h3-8,10,16,18H,1,9,11-12H2,2H3. The average Bonchev–Trinajstić information content (AvgIpc) is 2.61. The second kappa shape index (κ2) is 7.23. The summed E-state index contributed by atoms with van der Waals surface area (Å²) in [6.45, 7) is 5.54. The largest absolute Gasteiger partial charge is 0.419 e. The number of rotatable bonds is 3. The van der Waals surface area contributed by atoms with Gasteiger partial charge in [-0.05, 0) is 36.5 Å². The molecule has 1 heterocycles. The van der Waals surface area contributed by atoms with Crippen LogP contribution in [0.4, 0.5) is 17.6 Å². The van der Waals surface area contributed by atoms with E-state index in [2.05, 4.69) is 6.58 Å². The van der Waals surface area contributed by atoms with Crippen molar-refractivity contribution in [1.82, 2.24) is 0 Å². The number of hydrogen-bond donors (Lipinski definition) is 0. The summed E-state index contributed by atoms with van der Waals surface area (Å²) in [5.74, 6) is -1.60. The predicted octanol–water partition coefficient (Wildman–Crippen LogP) is 6.43. The first-order valence-electron chi connectivity index (χ1n) is 8.51. The summed E-state index contributed by atoms with van der Waals surface area (Å²) in [6.07, 6.45) is -2.63. The quantitative estimate of drug-likeness (QED) is 0.570. The average molecular weight is 364 g/mol. The number of alkyl halides is 3. The highest BCUT2D eigenvalue weighted by Gasteiger charge is 2.38. The molecule has 1 fully saturated rings. The number of ether oxygens (including phenoxy) is 1. The van der Waals surface area contributed by atoms with Gasteiger partial charge in [0.1, 0.15) is 5.82 Å². The summed E-state index contributed by atoms with van der Waals surface area (Å²) < 4.78 is 60.2. The summed E-state index contributed by atoms with van der Waals surface area (Å²) in [5.41, 5.74) is 0.753. The number of aryl methyl sites for hydroxylation is 1. The normalized spacial score (nSPS) is 20.8. The molecule has 0 N–H and O–H groups in total. The molecular formula is C21H20F4O. The highest BCUT2D eigenvalue weighted by molar-refractivity contribution is 5.55. The van der Waals surface area contributed by atoms with Crippen LogP contribution in [0.25, 0.3) is 6.08 Å². The van der Waals surface area contributed by atoms with Gasteiger partial charge in [0.15, 0.2) is 0 Å². The molecule has 0 aromatic heterocycles. The molecule has 5 heteroatoms. The lowest BCUT2D eigenvalue weighted by Gasteiger charge is -2.30. The van der Waals surface area contributed by atoms with Gasteiger partial charge in [-0.1, -0.05) is 54.6 Å². The van der Waals surface area contributed by atoms with Crippen molar-refractivity contribution in [3.63, 3.8) is 0 Å². The zero-order valence-electron chi connectivity index (χ0n) is 14.4. The van der Waals surface area contributed by atoms with E-state index in [1.165, 1.54) is 12.1 Å². The van der Waals surface area contributed by atoms with E-state index in [9.17, 15) is 17.6 Å². The molecule has 2 unspecified atom stereocenters. The van der Waals surface area contributed by atoms with E-state index in [1.807, 2.05) is 31.2 Å². The van der Waals surface area contributed by atoms with Gasteiger partial charge in [-0.15, -0.1) is 0 Å². The molecule has 26 heavy (non-hydrogen) atoms. The third-order valence-corrected chi connectivity index (χ3v) is 4.87. The minimum Gasteiger partial charge on any atom is -0.373 e. The molecule has 1 nitrogen and oxygen atoms in total. The molecule has 0 amide bonds. The van der Waals surface area contributed by atoms with E-state index >= 15 is 0 Å². The molecule has 2 aromatic carbocycles. The van der Waals surface area contributed by atoms with Crippen LogP contribution in [0.3, 0.4) is 0 Å². The lowest BCUT2D eigenvalue weighted by atomic mass is 9.87.